The summed E-state index contributed by atoms with van der Waals surface area (Å²) in [5, 5.41) is 25.8. The molecule has 0 saturated carbocycles. The Morgan fingerprint density at radius 1 is 1.10 bits per heavy atom. The first-order chi connectivity index (χ1) is 15.2. The highest BCUT2D eigenvalue weighted by molar-refractivity contribution is 7.99. The number of carbonyl (C=O) groups is 1. The highest BCUT2D eigenvalue weighted by Gasteiger charge is 2.16. The summed E-state index contributed by atoms with van der Waals surface area (Å²) in [6.45, 7) is 0.741. The van der Waals surface area contributed by atoms with E-state index in [-0.39, 0.29) is 11.7 Å². The van der Waals surface area contributed by atoms with Crippen LogP contribution in [0.1, 0.15) is 21.8 Å². The minimum atomic E-state index is -0.165. The van der Waals surface area contributed by atoms with E-state index in [0.29, 0.717) is 17.0 Å². The molecule has 0 bridgehead atoms. The maximum absolute atomic E-state index is 12.4. The molecule has 0 radical (unpaired) electrons. The van der Waals surface area contributed by atoms with Gasteiger partial charge in [0, 0.05) is 17.8 Å². The van der Waals surface area contributed by atoms with Gasteiger partial charge >= 0.3 is 0 Å². The normalized spacial score (nSPS) is 10.7. The third-order valence-electron chi connectivity index (χ3n) is 4.54. The fourth-order valence-electron chi connectivity index (χ4n) is 3.02. The molecule has 4 aromatic rings. The third-order valence-corrected chi connectivity index (χ3v) is 7.22. The number of hydrogen-bond donors (Lipinski definition) is 1. The molecule has 1 aromatic carbocycles. The highest BCUT2D eigenvalue weighted by atomic mass is 32.2. The number of hydrogen-bond acceptors (Lipinski definition) is 7. The number of rotatable bonds is 9. The lowest BCUT2D eigenvalue weighted by Gasteiger charge is -2.10. The molecule has 4 rings (SSSR count). The van der Waals surface area contributed by atoms with E-state index >= 15 is 0 Å². The zero-order valence-electron chi connectivity index (χ0n) is 16.5. The van der Waals surface area contributed by atoms with Crippen LogP contribution in [0.3, 0.4) is 0 Å². The average Bonchev–Trinajstić information content (AvgIpc) is 3.54. The molecule has 3 aromatic heterocycles. The van der Waals surface area contributed by atoms with Crippen molar-refractivity contribution in [2.75, 3.05) is 11.1 Å². The van der Waals surface area contributed by atoms with E-state index in [1.54, 1.807) is 22.8 Å². The number of aromatic nitrogens is 3. The molecule has 0 aliphatic carbocycles. The van der Waals surface area contributed by atoms with Crippen molar-refractivity contribution < 1.29 is 4.79 Å². The van der Waals surface area contributed by atoms with Crippen molar-refractivity contribution in [3.8, 4) is 6.07 Å². The predicted molar refractivity (Wildman–Crippen MR) is 126 cm³/mol. The molecule has 0 fully saturated rings. The molecule has 3 heterocycles. The number of nitrogens with one attached hydrogen (secondary N) is 1. The number of benzene rings is 1. The van der Waals surface area contributed by atoms with E-state index in [0.717, 1.165) is 23.9 Å². The number of nitrogens with zero attached hydrogens (tertiary/aromatic N) is 4. The van der Waals surface area contributed by atoms with Gasteiger partial charge in [-0.15, -0.1) is 32.9 Å². The molecular weight excluding hydrogens is 446 g/mol. The number of anilines is 1. The fourth-order valence-corrected chi connectivity index (χ4v) is 5.26. The van der Waals surface area contributed by atoms with Crippen molar-refractivity contribution in [1.29, 1.82) is 5.26 Å². The fraction of sp³-hybridized carbons (Fsp3) is 0.182. The number of aryl methyl sites for hydroxylation is 1. The minimum Gasteiger partial charge on any atom is -0.316 e. The molecule has 1 amide bonds. The first kappa shape index (κ1) is 21.3. The lowest BCUT2D eigenvalue weighted by molar-refractivity contribution is -0.113. The van der Waals surface area contributed by atoms with Gasteiger partial charge in [-0.25, -0.2) is 0 Å². The smallest absolute Gasteiger partial charge is 0.235 e. The summed E-state index contributed by atoms with van der Waals surface area (Å²) in [5.41, 5.74) is 1.72. The molecule has 1 N–H and O–H groups in total. The van der Waals surface area contributed by atoms with Gasteiger partial charge in [0.25, 0.3) is 0 Å². The van der Waals surface area contributed by atoms with Crippen LogP contribution in [0.2, 0.25) is 0 Å². The summed E-state index contributed by atoms with van der Waals surface area (Å²) < 4.78 is 2.11. The Morgan fingerprint density at radius 3 is 2.74 bits per heavy atom. The maximum atomic E-state index is 12.4. The van der Waals surface area contributed by atoms with Crippen molar-refractivity contribution in [1.82, 2.24) is 14.8 Å². The van der Waals surface area contributed by atoms with E-state index in [9.17, 15) is 4.79 Å². The van der Waals surface area contributed by atoms with Crippen molar-refractivity contribution in [2.24, 2.45) is 0 Å². The van der Waals surface area contributed by atoms with Crippen LogP contribution in [-0.4, -0.2) is 26.4 Å². The largest absolute Gasteiger partial charge is 0.316 e. The van der Waals surface area contributed by atoms with Crippen LogP contribution in [0.25, 0.3) is 0 Å². The lowest BCUT2D eigenvalue weighted by Crippen LogP contribution is -2.15. The molecule has 0 aliphatic rings. The molecule has 6 nitrogen and oxygen atoms in total. The standard InChI is InChI=1S/C22H19N5OS3/c23-14-17-9-12-30-21(17)24-20(28)15-31-22-26-25-19(13-18-7-4-11-29-18)27(22)10-8-16-5-2-1-3-6-16/h1-7,9,11-12H,8,10,13,15H2,(H,24,28). The van der Waals surface area contributed by atoms with Crippen molar-refractivity contribution >= 4 is 45.3 Å². The Bertz CT molecular complexity index is 1180. The van der Waals surface area contributed by atoms with Gasteiger partial charge in [0.15, 0.2) is 5.16 Å². The summed E-state index contributed by atoms with van der Waals surface area (Å²) in [4.78, 5) is 13.6. The molecule has 0 unspecified atom stereocenters. The Kier molecular flexibility index (Phi) is 7.14. The molecule has 0 saturated heterocycles. The number of thiophene rings is 2. The quantitative estimate of drug-likeness (QED) is 0.358. The second-order valence-electron chi connectivity index (χ2n) is 6.65. The number of carbonyl (C=O) groups excluding carboxylic acids is 1. The van der Waals surface area contributed by atoms with Gasteiger partial charge in [0.1, 0.15) is 16.9 Å². The maximum Gasteiger partial charge on any atom is 0.235 e. The summed E-state index contributed by atoms with van der Waals surface area (Å²) in [6.07, 6.45) is 1.57. The average molecular weight is 466 g/mol. The van der Waals surface area contributed by atoms with Gasteiger partial charge in [-0.05, 0) is 34.9 Å². The topological polar surface area (TPSA) is 83.6 Å². The summed E-state index contributed by atoms with van der Waals surface area (Å²) in [5.74, 6) is 0.929. The zero-order valence-corrected chi connectivity index (χ0v) is 19.0. The van der Waals surface area contributed by atoms with Crippen LogP contribution < -0.4 is 5.32 Å². The molecule has 0 atom stereocenters. The minimum absolute atomic E-state index is 0.165. The van der Waals surface area contributed by atoms with Crippen LogP contribution in [0.15, 0.2) is 64.4 Å². The Balaban J connectivity index is 1.46. The Morgan fingerprint density at radius 2 is 1.97 bits per heavy atom. The number of nitriles is 1. The molecular formula is C22H19N5OS3. The summed E-state index contributed by atoms with van der Waals surface area (Å²) in [7, 11) is 0. The molecule has 9 heteroatoms. The highest BCUT2D eigenvalue weighted by Crippen LogP contribution is 2.24. The van der Waals surface area contributed by atoms with Crippen LogP contribution >= 0.6 is 34.4 Å². The summed E-state index contributed by atoms with van der Waals surface area (Å²) in [6, 6.07) is 18.2. The second kappa shape index (κ2) is 10.4. The first-order valence-electron chi connectivity index (χ1n) is 9.61. The Hall–Kier alpha value is -2.93. The monoisotopic (exact) mass is 465 g/mol. The predicted octanol–water partition coefficient (Wildman–Crippen LogP) is 4.84. The third kappa shape index (κ3) is 5.61. The molecule has 0 spiro atoms. The van der Waals surface area contributed by atoms with Crippen LogP contribution in [-0.2, 0) is 24.2 Å². The van der Waals surface area contributed by atoms with E-state index in [2.05, 4.69) is 49.7 Å². The lowest BCUT2D eigenvalue weighted by atomic mass is 10.1. The van der Waals surface area contributed by atoms with Gasteiger partial charge < -0.3 is 9.88 Å². The Labute approximate surface area is 192 Å². The van der Waals surface area contributed by atoms with Gasteiger partial charge in [0.05, 0.1) is 11.3 Å². The summed E-state index contributed by atoms with van der Waals surface area (Å²) >= 11 is 4.40. The molecule has 31 heavy (non-hydrogen) atoms. The van der Waals surface area contributed by atoms with Crippen LogP contribution in [0, 0.1) is 11.3 Å². The van der Waals surface area contributed by atoms with Gasteiger partial charge in [-0.2, -0.15) is 5.26 Å². The van der Waals surface area contributed by atoms with E-state index in [1.807, 2.05) is 24.3 Å². The number of amides is 1. The zero-order chi connectivity index (χ0) is 21.5. The van der Waals surface area contributed by atoms with E-state index in [1.165, 1.54) is 33.5 Å². The van der Waals surface area contributed by atoms with Gasteiger partial charge in [0.2, 0.25) is 5.91 Å². The van der Waals surface area contributed by atoms with Crippen molar-refractivity contribution in [3.05, 3.63) is 81.1 Å². The second-order valence-corrected chi connectivity index (χ2v) is 9.55. The molecule has 0 aliphatic heterocycles. The van der Waals surface area contributed by atoms with Crippen LogP contribution in [0.4, 0.5) is 5.00 Å². The van der Waals surface area contributed by atoms with E-state index < -0.39 is 0 Å². The van der Waals surface area contributed by atoms with Crippen molar-refractivity contribution in [2.45, 2.75) is 24.5 Å². The number of thioether (sulfide) groups is 1. The first-order valence-corrected chi connectivity index (χ1v) is 12.4. The molecule has 156 valence electrons. The SMILES string of the molecule is N#Cc1ccsc1NC(=O)CSc1nnc(Cc2cccs2)n1CCc1ccccc1. The van der Waals surface area contributed by atoms with E-state index in [4.69, 9.17) is 5.26 Å². The van der Waals surface area contributed by atoms with Crippen LogP contribution in [0.5, 0.6) is 0 Å². The van der Waals surface area contributed by atoms with Gasteiger partial charge in [-0.3, -0.25) is 4.79 Å². The van der Waals surface area contributed by atoms with Crippen molar-refractivity contribution in [3.63, 3.8) is 0 Å². The van der Waals surface area contributed by atoms with Gasteiger partial charge in [-0.1, -0.05) is 48.2 Å².